The van der Waals surface area contributed by atoms with E-state index in [0.717, 1.165) is 23.2 Å². The first kappa shape index (κ1) is 15.1. The highest BCUT2D eigenvalue weighted by Gasteiger charge is 2.15. The first-order chi connectivity index (χ1) is 11.2. The number of hydrogen-bond donors (Lipinski definition) is 2. The molecule has 0 bridgehead atoms. The van der Waals surface area contributed by atoms with Crippen LogP contribution in [0, 0.1) is 0 Å². The Kier molecular flexibility index (Phi) is 4.57. The van der Waals surface area contributed by atoms with Gasteiger partial charge >= 0.3 is 0 Å². The van der Waals surface area contributed by atoms with Gasteiger partial charge in [-0.25, -0.2) is 0 Å². The average molecular weight is 310 g/mol. The van der Waals surface area contributed by atoms with E-state index in [0.29, 0.717) is 18.7 Å². The fraction of sp³-hybridized carbons (Fsp3) is 0.222. The third kappa shape index (κ3) is 4.10. The number of amides is 2. The summed E-state index contributed by atoms with van der Waals surface area (Å²) in [6.45, 7) is 0.419. The molecule has 0 radical (unpaired) electrons. The summed E-state index contributed by atoms with van der Waals surface area (Å²) >= 11 is 0. The fourth-order valence-electron chi connectivity index (χ4n) is 2.44. The van der Waals surface area contributed by atoms with Crippen molar-refractivity contribution in [2.45, 2.75) is 19.4 Å². The predicted molar refractivity (Wildman–Crippen MR) is 87.2 cm³/mol. The lowest BCUT2D eigenvalue weighted by Gasteiger charge is -2.17. The van der Waals surface area contributed by atoms with E-state index in [1.54, 1.807) is 6.07 Å². The Morgan fingerprint density at radius 2 is 1.96 bits per heavy atom. The van der Waals surface area contributed by atoms with Crippen molar-refractivity contribution in [3.63, 3.8) is 0 Å². The van der Waals surface area contributed by atoms with Gasteiger partial charge in [-0.3, -0.25) is 9.59 Å². The average Bonchev–Trinajstić information content (AvgIpc) is 2.58. The van der Waals surface area contributed by atoms with Gasteiger partial charge in [-0.05, 0) is 23.6 Å². The molecule has 1 aliphatic heterocycles. The van der Waals surface area contributed by atoms with Crippen LogP contribution in [0.5, 0.6) is 5.75 Å². The lowest BCUT2D eigenvalue weighted by atomic mass is 10.0. The Hall–Kier alpha value is -2.82. The van der Waals surface area contributed by atoms with E-state index >= 15 is 0 Å². The molecule has 0 aromatic heterocycles. The van der Waals surface area contributed by atoms with Gasteiger partial charge < -0.3 is 15.4 Å². The maximum Gasteiger partial charge on any atom is 0.258 e. The number of carbonyl (C=O) groups is 2. The highest BCUT2D eigenvalue weighted by atomic mass is 16.5. The van der Waals surface area contributed by atoms with Gasteiger partial charge in [0.15, 0.2) is 6.61 Å². The van der Waals surface area contributed by atoms with Crippen LogP contribution in [0.15, 0.2) is 48.5 Å². The molecular weight excluding hydrogens is 292 g/mol. The van der Waals surface area contributed by atoms with Gasteiger partial charge in [0.05, 0.1) is 0 Å². The molecule has 2 aromatic rings. The lowest BCUT2D eigenvalue weighted by molar-refractivity contribution is -0.123. The molecule has 0 atom stereocenters. The van der Waals surface area contributed by atoms with E-state index in [-0.39, 0.29) is 18.4 Å². The SMILES string of the molecule is O=C(COc1ccc2c(c1)NC(=O)CC2)NCc1ccccc1. The van der Waals surface area contributed by atoms with Crippen molar-refractivity contribution in [2.24, 2.45) is 0 Å². The quantitative estimate of drug-likeness (QED) is 0.890. The monoisotopic (exact) mass is 310 g/mol. The zero-order chi connectivity index (χ0) is 16.1. The molecule has 0 fully saturated rings. The molecule has 2 N–H and O–H groups in total. The van der Waals surface area contributed by atoms with E-state index in [2.05, 4.69) is 10.6 Å². The Bertz CT molecular complexity index is 713. The first-order valence-electron chi connectivity index (χ1n) is 7.57. The maximum atomic E-state index is 11.8. The summed E-state index contributed by atoms with van der Waals surface area (Å²) in [5.41, 5.74) is 2.89. The number of benzene rings is 2. The molecule has 2 aromatic carbocycles. The second-order valence-corrected chi connectivity index (χ2v) is 5.42. The molecule has 0 spiro atoms. The molecule has 0 aliphatic carbocycles. The molecule has 1 heterocycles. The molecule has 1 aliphatic rings. The zero-order valence-electron chi connectivity index (χ0n) is 12.7. The number of carbonyl (C=O) groups excluding carboxylic acids is 2. The number of anilines is 1. The van der Waals surface area contributed by atoms with Crippen LogP contribution >= 0.6 is 0 Å². The molecule has 5 heteroatoms. The van der Waals surface area contributed by atoms with Crippen LogP contribution in [0.3, 0.4) is 0 Å². The van der Waals surface area contributed by atoms with Crippen LogP contribution < -0.4 is 15.4 Å². The van der Waals surface area contributed by atoms with E-state index in [1.165, 1.54) is 0 Å². The smallest absolute Gasteiger partial charge is 0.258 e. The van der Waals surface area contributed by atoms with Crippen molar-refractivity contribution in [3.8, 4) is 5.75 Å². The van der Waals surface area contributed by atoms with Crippen molar-refractivity contribution in [1.82, 2.24) is 5.32 Å². The van der Waals surface area contributed by atoms with Crippen LogP contribution in [0.2, 0.25) is 0 Å². The minimum Gasteiger partial charge on any atom is -0.484 e. The Morgan fingerprint density at radius 3 is 2.78 bits per heavy atom. The molecule has 2 amide bonds. The summed E-state index contributed by atoms with van der Waals surface area (Å²) in [5, 5.41) is 5.62. The molecule has 0 saturated carbocycles. The minimum absolute atomic E-state index is 0.00949. The Morgan fingerprint density at radius 1 is 1.13 bits per heavy atom. The summed E-state index contributed by atoms with van der Waals surface area (Å²) in [6, 6.07) is 15.2. The summed E-state index contributed by atoms with van der Waals surface area (Å²) in [7, 11) is 0. The van der Waals surface area contributed by atoms with Crippen molar-refractivity contribution >= 4 is 17.5 Å². The van der Waals surface area contributed by atoms with Gasteiger partial charge in [-0.15, -0.1) is 0 Å². The number of ether oxygens (including phenoxy) is 1. The third-order valence-corrected chi connectivity index (χ3v) is 3.68. The maximum absolute atomic E-state index is 11.8. The van der Waals surface area contributed by atoms with Crippen molar-refractivity contribution in [1.29, 1.82) is 0 Å². The number of aryl methyl sites for hydroxylation is 1. The van der Waals surface area contributed by atoms with Crippen molar-refractivity contribution in [3.05, 3.63) is 59.7 Å². The first-order valence-corrected chi connectivity index (χ1v) is 7.57. The van der Waals surface area contributed by atoms with Crippen LogP contribution in [0.1, 0.15) is 17.5 Å². The standard InChI is InChI=1S/C18H18N2O3/c21-17-9-7-14-6-8-15(10-16(14)20-17)23-12-18(22)19-11-13-4-2-1-3-5-13/h1-6,8,10H,7,9,11-12H2,(H,19,22)(H,20,21). The van der Waals surface area contributed by atoms with E-state index < -0.39 is 0 Å². The largest absolute Gasteiger partial charge is 0.484 e. The number of fused-ring (bicyclic) bond motifs is 1. The van der Waals surface area contributed by atoms with Gasteiger partial charge in [0, 0.05) is 24.7 Å². The second kappa shape index (κ2) is 6.96. The molecule has 23 heavy (non-hydrogen) atoms. The third-order valence-electron chi connectivity index (χ3n) is 3.68. The molecule has 5 nitrogen and oxygen atoms in total. The Labute approximate surface area is 134 Å². The molecule has 0 saturated heterocycles. The van der Waals surface area contributed by atoms with Crippen molar-refractivity contribution in [2.75, 3.05) is 11.9 Å². The molecular formula is C18H18N2O3. The van der Waals surface area contributed by atoms with E-state index in [9.17, 15) is 9.59 Å². The van der Waals surface area contributed by atoms with E-state index in [4.69, 9.17) is 4.74 Å². The zero-order valence-corrected chi connectivity index (χ0v) is 12.7. The van der Waals surface area contributed by atoms with Gasteiger partial charge in [0.1, 0.15) is 5.75 Å². The Balaban J connectivity index is 1.51. The topological polar surface area (TPSA) is 67.4 Å². The van der Waals surface area contributed by atoms with Crippen molar-refractivity contribution < 1.29 is 14.3 Å². The van der Waals surface area contributed by atoms with E-state index in [1.807, 2.05) is 42.5 Å². The van der Waals surface area contributed by atoms with Crippen LogP contribution in [-0.2, 0) is 22.6 Å². The normalized spacial score (nSPS) is 13.0. The summed E-state index contributed by atoms with van der Waals surface area (Å²) < 4.78 is 5.49. The van der Waals surface area contributed by atoms with Crippen LogP contribution in [0.25, 0.3) is 0 Å². The van der Waals surface area contributed by atoms with Crippen LogP contribution in [-0.4, -0.2) is 18.4 Å². The minimum atomic E-state index is -0.185. The molecule has 118 valence electrons. The summed E-state index contributed by atoms with van der Waals surface area (Å²) in [5.74, 6) is 0.395. The molecule has 0 unspecified atom stereocenters. The highest BCUT2D eigenvalue weighted by molar-refractivity contribution is 5.94. The van der Waals surface area contributed by atoms with Gasteiger partial charge in [-0.1, -0.05) is 36.4 Å². The fourth-order valence-corrected chi connectivity index (χ4v) is 2.44. The second-order valence-electron chi connectivity index (χ2n) is 5.42. The number of hydrogen-bond acceptors (Lipinski definition) is 3. The van der Waals surface area contributed by atoms with Gasteiger partial charge in [0.2, 0.25) is 5.91 Å². The lowest BCUT2D eigenvalue weighted by Crippen LogP contribution is -2.28. The number of nitrogens with one attached hydrogen (secondary N) is 2. The van der Waals surface area contributed by atoms with Gasteiger partial charge in [-0.2, -0.15) is 0 Å². The summed E-state index contributed by atoms with van der Waals surface area (Å²) in [6.07, 6.45) is 1.24. The van der Waals surface area contributed by atoms with Gasteiger partial charge in [0.25, 0.3) is 5.91 Å². The molecule has 3 rings (SSSR count). The summed E-state index contributed by atoms with van der Waals surface area (Å²) in [4.78, 5) is 23.2. The number of rotatable bonds is 5. The highest BCUT2D eigenvalue weighted by Crippen LogP contribution is 2.26. The predicted octanol–water partition coefficient (Wildman–Crippen LogP) is 2.27. The van der Waals surface area contributed by atoms with Crippen LogP contribution in [0.4, 0.5) is 5.69 Å².